The van der Waals surface area contributed by atoms with Crippen molar-refractivity contribution in [2.45, 2.75) is 0 Å². The molecule has 0 amide bonds. The Morgan fingerprint density at radius 1 is 0.462 bits per heavy atom. The average Bonchev–Trinajstić information content (AvgIpc) is 2.76. The Balaban J connectivity index is 0.000000117. The van der Waals surface area contributed by atoms with Gasteiger partial charge < -0.3 is 0 Å². The number of rotatable bonds is 0. The third-order valence-electron chi connectivity index (χ3n) is 3.49. The van der Waals surface area contributed by atoms with Crippen LogP contribution in [0, 0.1) is 0 Å². The van der Waals surface area contributed by atoms with Gasteiger partial charge in [0.25, 0.3) is 0 Å². The summed E-state index contributed by atoms with van der Waals surface area (Å²) in [4.78, 5) is 15.9. The Morgan fingerprint density at radius 3 is 1.73 bits per heavy atom. The fraction of sp³-hybridized carbons (Fsp3) is 0. The summed E-state index contributed by atoms with van der Waals surface area (Å²) in [6.07, 6.45) is 8.67. The first-order chi connectivity index (χ1) is 12.9. The zero-order chi connectivity index (χ0) is 17.9. The summed E-state index contributed by atoms with van der Waals surface area (Å²) in [6.45, 7) is 0. The third-order valence-corrected chi connectivity index (χ3v) is 3.49. The standard InChI is InChI=1S/C9H7N.C8H6N2.C5H5N/c1-2-6-9-8(4-1)5-3-7-10-9;1-2-4-8-7(3-1)5-9-6-10-8;1-2-4-6-5-3-1/h1-7H;1-6H;1-5H. The van der Waals surface area contributed by atoms with E-state index < -0.39 is 0 Å². The fourth-order valence-electron chi connectivity index (χ4n) is 2.25. The zero-order valence-electron chi connectivity index (χ0n) is 14.2. The van der Waals surface area contributed by atoms with E-state index in [1.165, 1.54) is 5.39 Å². The van der Waals surface area contributed by atoms with Gasteiger partial charge in [0.05, 0.1) is 11.0 Å². The largest absolute Gasteiger partial charge is 0.265 e. The van der Waals surface area contributed by atoms with Crippen LogP contribution in [0.2, 0.25) is 0 Å². The van der Waals surface area contributed by atoms with Gasteiger partial charge in [-0.05, 0) is 30.3 Å². The number of fused-ring (bicyclic) bond motifs is 2. The van der Waals surface area contributed by atoms with Gasteiger partial charge in [0.2, 0.25) is 0 Å². The van der Waals surface area contributed by atoms with Crippen LogP contribution in [0.4, 0.5) is 0 Å². The molecule has 0 N–H and O–H groups in total. The molecule has 0 radical (unpaired) electrons. The minimum absolute atomic E-state index is 0.998. The lowest BCUT2D eigenvalue weighted by atomic mass is 10.2. The maximum atomic E-state index is 4.18. The van der Waals surface area contributed by atoms with E-state index in [9.17, 15) is 0 Å². The van der Waals surface area contributed by atoms with Crippen molar-refractivity contribution in [2.24, 2.45) is 0 Å². The highest BCUT2D eigenvalue weighted by Gasteiger charge is 1.88. The first-order valence-corrected chi connectivity index (χ1v) is 8.23. The van der Waals surface area contributed by atoms with Gasteiger partial charge in [-0.25, -0.2) is 9.97 Å². The van der Waals surface area contributed by atoms with E-state index in [0.717, 1.165) is 16.4 Å². The van der Waals surface area contributed by atoms with Gasteiger partial charge in [0.15, 0.2) is 0 Å². The van der Waals surface area contributed by atoms with Gasteiger partial charge in [-0.1, -0.05) is 48.5 Å². The molecule has 0 atom stereocenters. The van der Waals surface area contributed by atoms with Crippen LogP contribution in [0.15, 0.2) is 110 Å². The number of hydrogen-bond acceptors (Lipinski definition) is 4. The molecule has 26 heavy (non-hydrogen) atoms. The summed E-state index contributed by atoms with van der Waals surface area (Å²) < 4.78 is 0. The summed E-state index contributed by atoms with van der Waals surface area (Å²) in [5.41, 5.74) is 2.06. The number of benzene rings is 2. The maximum Gasteiger partial charge on any atom is 0.116 e. The molecule has 0 bridgehead atoms. The first kappa shape index (κ1) is 17.2. The van der Waals surface area contributed by atoms with E-state index in [4.69, 9.17) is 0 Å². The lowest BCUT2D eigenvalue weighted by Crippen LogP contribution is -1.77. The maximum absolute atomic E-state index is 4.18. The Kier molecular flexibility index (Phi) is 6.33. The number of para-hydroxylation sites is 2. The topological polar surface area (TPSA) is 51.6 Å². The molecule has 0 aliphatic carbocycles. The lowest BCUT2D eigenvalue weighted by molar-refractivity contribution is 1.22. The monoisotopic (exact) mass is 338 g/mol. The molecule has 0 aliphatic heterocycles. The first-order valence-electron chi connectivity index (χ1n) is 8.23. The normalized spacial score (nSPS) is 9.54. The smallest absolute Gasteiger partial charge is 0.116 e. The molecule has 0 spiro atoms. The molecule has 0 saturated carbocycles. The van der Waals surface area contributed by atoms with Crippen molar-refractivity contribution in [2.75, 3.05) is 0 Å². The molecule has 0 saturated heterocycles. The lowest BCUT2D eigenvalue weighted by Gasteiger charge is -1.91. The molecule has 3 heterocycles. The second-order valence-electron chi connectivity index (χ2n) is 5.30. The van der Waals surface area contributed by atoms with Crippen molar-refractivity contribution in [3.05, 3.63) is 110 Å². The second-order valence-corrected chi connectivity index (χ2v) is 5.30. The van der Waals surface area contributed by atoms with Gasteiger partial charge in [-0.2, -0.15) is 0 Å². The van der Waals surface area contributed by atoms with Gasteiger partial charge in [0, 0.05) is 35.6 Å². The SMILES string of the molecule is c1ccc2ncccc2c1.c1ccc2ncncc2c1.c1ccncc1. The van der Waals surface area contributed by atoms with E-state index in [0.29, 0.717) is 0 Å². The van der Waals surface area contributed by atoms with Gasteiger partial charge in [-0.3, -0.25) is 9.97 Å². The van der Waals surface area contributed by atoms with E-state index in [1.54, 1.807) is 18.7 Å². The van der Waals surface area contributed by atoms with Crippen LogP contribution in [-0.4, -0.2) is 19.9 Å². The quantitative estimate of drug-likeness (QED) is 0.401. The summed E-state index contributed by atoms with van der Waals surface area (Å²) in [7, 11) is 0. The molecule has 5 aromatic rings. The Morgan fingerprint density at radius 2 is 1.12 bits per heavy atom. The predicted octanol–water partition coefficient (Wildman–Crippen LogP) is 4.95. The summed E-state index contributed by atoms with van der Waals surface area (Å²) >= 11 is 0. The number of pyridine rings is 2. The summed E-state index contributed by atoms with van der Waals surface area (Å²) in [5.74, 6) is 0. The average molecular weight is 338 g/mol. The summed E-state index contributed by atoms with van der Waals surface area (Å²) in [5, 5.41) is 2.29. The van der Waals surface area contributed by atoms with Gasteiger partial charge >= 0.3 is 0 Å². The van der Waals surface area contributed by atoms with Crippen LogP contribution >= 0.6 is 0 Å². The van der Waals surface area contributed by atoms with Crippen molar-refractivity contribution < 1.29 is 0 Å². The van der Waals surface area contributed by atoms with E-state index in [1.807, 2.05) is 79.1 Å². The van der Waals surface area contributed by atoms with Crippen LogP contribution in [0.1, 0.15) is 0 Å². The van der Waals surface area contributed by atoms with Crippen molar-refractivity contribution in [3.63, 3.8) is 0 Å². The van der Waals surface area contributed by atoms with Crippen LogP contribution in [0.3, 0.4) is 0 Å². The Bertz CT molecular complexity index is 820. The molecular weight excluding hydrogens is 320 g/mol. The number of nitrogens with zero attached hydrogens (tertiary/aromatic N) is 4. The molecule has 0 fully saturated rings. The minimum Gasteiger partial charge on any atom is -0.265 e. The highest BCUT2D eigenvalue weighted by molar-refractivity contribution is 5.78. The van der Waals surface area contributed by atoms with Crippen LogP contribution in [-0.2, 0) is 0 Å². The molecule has 4 nitrogen and oxygen atoms in total. The molecule has 0 unspecified atom stereocenters. The van der Waals surface area contributed by atoms with Crippen LogP contribution in [0.5, 0.6) is 0 Å². The van der Waals surface area contributed by atoms with E-state index >= 15 is 0 Å². The highest BCUT2D eigenvalue weighted by Crippen LogP contribution is 2.08. The Labute approximate surface area is 152 Å². The van der Waals surface area contributed by atoms with Crippen LogP contribution in [0.25, 0.3) is 21.8 Å². The van der Waals surface area contributed by atoms with Crippen molar-refractivity contribution in [1.29, 1.82) is 0 Å². The molecule has 4 heteroatoms. The number of hydrogen-bond donors (Lipinski definition) is 0. The highest BCUT2D eigenvalue weighted by atomic mass is 14.8. The minimum atomic E-state index is 0.998. The fourth-order valence-corrected chi connectivity index (χ4v) is 2.25. The summed E-state index contributed by atoms with van der Waals surface area (Å²) in [6, 6.07) is 25.7. The zero-order valence-corrected chi connectivity index (χ0v) is 14.2. The van der Waals surface area contributed by atoms with E-state index in [2.05, 4.69) is 32.1 Å². The predicted molar refractivity (Wildman–Crippen MR) is 106 cm³/mol. The van der Waals surface area contributed by atoms with Crippen molar-refractivity contribution >= 4 is 21.8 Å². The molecule has 5 rings (SSSR count). The third kappa shape index (κ3) is 5.18. The molecule has 0 aliphatic rings. The van der Waals surface area contributed by atoms with Gasteiger partial charge in [-0.15, -0.1) is 0 Å². The Hall–Kier alpha value is -3.66. The van der Waals surface area contributed by atoms with Crippen LogP contribution < -0.4 is 0 Å². The van der Waals surface area contributed by atoms with E-state index in [-0.39, 0.29) is 0 Å². The molecule has 2 aromatic carbocycles. The molecular formula is C22H18N4. The molecule has 126 valence electrons. The molecule has 3 aromatic heterocycles. The second kappa shape index (κ2) is 9.59. The number of aromatic nitrogens is 4. The van der Waals surface area contributed by atoms with Crippen molar-refractivity contribution in [3.8, 4) is 0 Å². The van der Waals surface area contributed by atoms with Crippen molar-refractivity contribution in [1.82, 2.24) is 19.9 Å². The van der Waals surface area contributed by atoms with Gasteiger partial charge in [0.1, 0.15) is 6.33 Å².